The molecule has 162 valence electrons. The van der Waals surface area contributed by atoms with Crippen LogP contribution in [0.1, 0.15) is 5.56 Å². The van der Waals surface area contributed by atoms with Crippen molar-refractivity contribution in [2.75, 3.05) is 0 Å². The first-order valence-electron chi connectivity index (χ1n) is 11.7. The van der Waals surface area contributed by atoms with Gasteiger partial charge in [-0.15, -0.1) is 0 Å². The smallest absolute Gasteiger partial charge is 0.153 e. The van der Waals surface area contributed by atoms with E-state index >= 15 is 0 Å². The molecule has 6 aromatic carbocycles. The SMILES string of the molecule is N#Cc1cccc2c1oc1ccc(-c3ccc(-c4ccc5ccccc5c4)c4ccccc34)cc12. The fourth-order valence-electron chi connectivity index (χ4n) is 5.21. The largest absolute Gasteiger partial charge is 0.455 e. The van der Waals surface area contributed by atoms with Gasteiger partial charge in [0.15, 0.2) is 5.58 Å². The second kappa shape index (κ2) is 7.58. The summed E-state index contributed by atoms with van der Waals surface area (Å²) in [6.45, 7) is 0. The minimum atomic E-state index is 0.561. The summed E-state index contributed by atoms with van der Waals surface area (Å²) in [7, 11) is 0. The van der Waals surface area contributed by atoms with Gasteiger partial charge in [0.1, 0.15) is 11.7 Å². The summed E-state index contributed by atoms with van der Waals surface area (Å²) >= 11 is 0. The van der Waals surface area contributed by atoms with Crippen LogP contribution in [0.3, 0.4) is 0 Å². The number of para-hydroxylation sites is 1. The van der Waals surface area contributed by atoms with E-state index in [1.54, 1.807) is 6.07 Å². The van der Waals surface area contributed by atoms with Crippen LogP contribution in [0.4, 0.5) is 0 Å². The number of rotatable bonds is 2. The molecule has 1 heterocycles. The molecule has 1 aromatic heterocycles. The summed E-state index contributed by atoms with van der Waals surface area (Å²) in [6, 6.07) is 42.5. The van der Waals surface area contributed by atoms with Crippen molar-refractivity contribution >= 4 is 43.5 Å². The summed E-state index contributed by atoms with van der Waals surface area (Å²) in [5, 5.41) is 16.4. The van der Waals surface area contributed by atoms with E-state index in [1.165, 1.54) is 38.2 Å². The maximum Gasteiger partial charge on any atom is 0.153 e. The molecule has 0 aliphatic carbocycles. The van der Waals surface area contributed by atoms with Gasteiger partial charge in [0.2, 0.25) is 0 Å². The van der Waals surface area contributed by atoms with Crippen LogP contribution in [-0.4, -0.2) is 0 Å². The lowest BCUT2D eigenvalue weighted by molar-refractivity contribution is 0.667. The van der Waals surface area contributed by atoms with Crippen LogP contribution in [0.15, 0.2) is 120 Å². The average molecular weight is 446 g/mol. The van der Waals surface area contributed by atoms with Gasteiger partial charge in [-0.25, -0.2) is 0 Å². The van der Waals surface area contributed by atoms with Gasteiger partial charge in [0, 0.05) is 10.8 Å². The van der Waals surface area contributed by atoms with E-state index in [4.69, 9.17) is 4.42 Å². The van der Waals surface area contributed by atoms with E-state index in [-0.39, 0.29) is 0 Å². The van der Waals surface area contributed by atoms with Crippen LogP contribution < -0.4 is 0 Å². The molecular weight excluding hydrogens is 426 g/mol. The fraction of sp³-hybridized carbons (Fsp3) is 0. The molecule has 0 aliphatic heterocycles. The van der Waals surface area contributed by atoms with Crippen LogP contribution >= 0.6 is 0 Å². The molecule has 0 N–H and O–H groups in total. The topological polar surface area (TPSA) is 36.9 Å². The Labute approximate surface area is 202 Å². The third-order valence-corrected chi connectivity index (χ3v) is 6.91. The molecule has 0 saturated carbocycles. The van der Waals surface area contributed by atoms with E-state index in [1.807, 2.05) is 18.2 Å². The molecule has 2 heteroatoms. The minimum Gasteiger partial charge on any atom is -0.455 e. The Bertz CT molecular complexity index is 1970. The van der Waals surface area contributed by atoms with Crippen molar-refractivity contribution in [3.63, 3.8) is 0 Å². The number of hydrogen-bond donors (Lipinski definition) is 0. The van der Waals surface area contributed by atoms with Gasteiger partial charge in [-0.1, -0.05) is 91.0 Å². The summed E-state index contributed by atoms with van der Waals surface area (Å²) in [5.41, 5.74) is 6.75. The van der Waals surface area contributed by atoms with E-state index in [9.17, 15) is 5.26 Å². The molecule has 0 fully saturated rings. The summed E-state index contributed by atoms with van der Waals surface area (Å²) in [5.74, 6) is 0. The number of nitriles is 1. The van der Waals surface area contributed by atoms with Crippen molar-refractivity contribution in [1.82, 2.24) is 0 Å². The van der Waals surface area contributed by atoms with Crippen LogP contribution in [0.2, 0.25) is 0 Å². The monoisotopic (exact) mass is 445 g/mol. The molecule has 0 spiro atoms. The lowest BCUT2D eigenvalue weighted by Crippen LogP contribution is -1.86. The van der Waals surface area contributed by atoms with Gasteiger partial charge < -0.3 is 4.42 Å². The Morgan fingerprint density at radius 3 is 1.94 bits per heavy atom. The van der Waals surface area contributed by atoms with E-state index < -0.39 is 0 Å². The van der Waals surface area contributed by atoms with Gasteiger partial charge in [0.25, 0.3) is 0 Å². The van der Waals surface area contributed by atoms with E-state index in [2.05, 4.69) is 97.1 Å². The third kappa shape index (κ3) is 3.03. The molecule has 0 radical (unpaired) electrons. The molecule has 0 bridgehead atoms. The zero-order valence-corrected chi connectivity index (χ0v) is 18.8. The van der Waals surface area contributed by atoms with Crippen LogP contribution in [0.25, 0.3) is 65.7 Å². The van der Waals surface area contributed by atoms with Gasteiger partial charge in [-0.2, -0.15) is 5.26 Å². The average Bonchev–Trinajstić information content (AvgIpc) is 3.30. The van der Waals surface area contributed by atoms with Crippen molar-refractivity contribution in [3.8, 4) is 28.3 Å². The Hall–Kier alpha value is -4.87. The molecule has 0 unspecified atom stereocenters. The van der Waals surface area contributed by atoms with E-state index in [0.717, 1.165) is 21.9 Å². The lowest BCUT2D eigenvalue weighted by Gasteiger charge is -2.13. The number of hydrogen-bond acceptors (Lipinski definition) is 2. The fourth-order valence-corrected chi connectivity index (χ4v) is 5.21. The molecular formula is C33H19NO. The van der Waals surface area contributed by atoms with Gasteiger partial charge in [-0.05, 0) is 68.1 Å². The quantitative estimate of drug-likeness (QED) is 0.266. The normalized spacial score (nSPS) is 11.4. The summed E-state index contributed by atoms with van der Waals surface area (Å²) in [6.07, 6.45) is 0. The molecule has 0 aliphatic rings. The Balaban J connectivity index is 1.44. The highest BCUT2D eigenvalue weighted by molar-refractivity contribution is 6.10. The standard InChI is InChI=1S/C33H19NO/c34-20-25-8-5-11-30-31-19-24(14-17-32(31)35-33(25)30)27-16-15-26(28-9-3-4-10-29(27)28)23-13-12-21-6-1-2-7-22(21)18-23/h1-19H. The Morgan fingerprint density at radius 2 is 1.17 bits per heavy atom. The van der Waals surface area contributed by atoms with Gasteiger partial charge in [0.05, 0.1) is 5.56 Å². The first-order chi connectivity index (χ1) is 17.3. The highest BCUT2D eigenvalue weighted by atomic mass is 16.3. The predicted octanol–water partition coefficient (Wildman–Crippen LogP) is 9.10. The zero-order valence-electron chi connectivity index (χ0n) is 18.8. The molecule has 35 heavy (non-hydrogen) atoms. The number of furan rings is 1. The molecule has 0 amide bonds. The third-order valence-electron chi connectivity index (χ3n) is 6.91. The van der Waals surface area contributed by atoms with Crippen molar-refractivity contribution < 1.29 is 4.42 Å². The van der Waals surface area contributed by atoms with E-state index in [0.29, 0.717) is 11.1 Å². The number of benzene rings is 6. The van der Waals surface area contributed by atoms with Crippen molar-refractivity contribution in [3.05, 3.63) is 121 Å². The van der Waals surface area contributed by atoms with Crippen molar-refractivity contribution in [1.29, 1.82) is 5.26 Å². The summed E-state index contributed by atoms with van der Waals surface area (Å²) < 4.78 is 6.04. The van der Waals surface area contributed by atoms with Gasteiger partial charge >= 0.3 is 0 Å². The molecule has 7 aromatic rings. The zero-order chi connectivity index (χ0) is 23.4. The van der Waals surface area contributed by atoms with Crippen molar-refractivity contribution in [2.45, 2.75) is 0 Å². The van der Waals surface area contributed by atoms with Crippen LogP contribution in [0.5, 0.6) is 0 Å². The number of nitrogens with zero attached hydrogens (tertiary/aromatic N) is 1. The summed E-state index contributed by atoms with van der Waals surface area (Å²) in [4.78, 5) is 0. The first-order valence-corrected chi connectivity index (χ1v) is 11.7. The minimum absolute atomic E-state index is 0.561. The molecule has 0 saturated heterocycles. The number of fused-ring (bicyclic) bond motifs is 5. The van der Waals surface area contributed by atoms with Crippen LogP contribution in [0, 0.1) is 11.3 Å². The molecule has 2 nitrogen and oxygen atoms in total. The Morgan fingerprint density at radius 1 is 0.514 bits per heavy atom. The van der Waals surface area contributed by atoms with Crippen molar-refractivity contribution in [2.24, 2.45) is 0 Å². The highest BCUT2D eigenvalue weighted by Gasteiger charge is 2.14. The molecule has 7 rings (SSSR count). The molecule has 0 atom stereocenters. The maximum atomic E-state index is 9.48. The second-order valence-electron chi connectivity index (χ2n) is 8.88. The maximum absolute atomic E-state index is 9.48. The predicted molar refractivity (Wildman–Crippen MR) is 144 cm³/mol. The highest BCUT2D eigenvalue weighted by Crippen LogP contribution is 2.39. The second-order valence-corrected chi connectivity index (χ2v) is 8.88. The lowest BCUT2D eigenvalue weighted by atomic mass is 9.91. The van der Waals surface area contributed by atoms with Gasteiger partial charge in [-0.3, -0.25) is 0 Å². The Kier molecular flexibility index (Phi) is 4.24. The van der Waals surface area contributed by atoms with Crippen LogP contribution in [-0.2, 0) is 0 Å². The first kappa shape index (κ1) is 19.6.